The number of benzene rings is 2. The molecule has 0 radical (unpaired) electrons. The van der Waals surface area contributed by atoms with Gasteiger partial charge in [-0.15, -0.1) is 5.10 Å². The van der Waals surface area contributed by atoms with Crippen LogP contribution in [0.5, 0.6) is 0 Å². The van der Waals surface area contributed by atoms with Crippen molar-refractivity contribution >= 4 is 45.1 Å². The van der Waals surface area contributed by atoms with Gasteiger partial charge in [0.1, 0.15) is 0 Å². The minimum absolute atomic E-state index is 0.0503. The quantitative estimate of drug-likeness (QED) is 0.563. The molecule has 2 heterocycles. The number of carbonyl (C=O) groups is 1. The zero-order chi connectivity index (χ0) is 22.9. The number of nitrogens with one attached hydrogen (secondary N) is 1. The maximum absolute atomic E-state index is 12.8. The van der Waals surface area contributed by atoms with Crippen molar-refractivity contribution in [2.24, 2.45) is 5.92 Å². The second-order valence-corrected chi connectivity index (χ2v) is 10.3. The van der Waals surface area contributed by atoms with E-state index in [1.165, 1.54) is 4.31 Å². The van der Waals surface area contributed by atoms with E-state index in [9.17, 15) is 13.2 Å². The first-order valence-corrected chi connectivity index (χ1v) is 12.1. The summed E-state index contributed by atoms with van der Waals surface area (Å²) in [5, 5.41) is 11.2. The van der Waals surface area contributed by atoms with Crippen molar-refractivity contribution in [1.82, 2.24) is 14.5 Å². The predicted octanol–water partition coefficient (Wildman–Crippen LogP) is 4.39. The molecule has 8 nitrogen and oxygen atoms in total. The van der Waals surface area contributed by atoms with Crippen LogP contribution < -0.4 is 5.32 Å². The predicted molar refractivity (Wildman–Crippen MR) is 121 cm³/mol. The molecule has 1 aromatic heterocycles. The number of halogens is 2. The molecule has 32 heavy (non-hydrogen) atoms. The Morgan fingerprint density at radius 3 is 2.44 bits per heavy atom. The molecule has 0 unspecified atom stereocenters. The van der Waals surface area contributed by atoms with Crippen LogP contribution in [0.2, 0.25) is 10.0 Å². The molecule has 1 amide bonds. The summed E-state index contributed by atoms with van der Waals surface area (Å²) in [5.41, 5.74) is 1.49. The lowest BCUT2D eigenvalue weighted by molar-refractivity contribution is -0.121. The van der Waals surface area contributed by atoms with Crippen LogP contribution in [0, 0.1) is 12.8 Å². The number of aromatic nitrogens is 2. The van der Waals surface area contributed by atoms with Crippen molar-refractivity contribution in [2.45, 2.75) is 24.7 Å². The van der Waals surface area contributed by atoms with Gasteiger partial charge in [-0.1, -0.05) is 46.0 Å². The molecule has 1 saturated heterocycles. The molecule has 168 valence electrons. The highest BCUT2D eigenvalue weighted by Gasteiger charge is 2.32. The molecule has 0 spiro atoms. The van der Waals surface area contributed by atoms with Crippen molar-refractivity contribution < 1.29 is 17.6 Å². The highest BCUT2D eigenvalue weighted by Crippen LogP contribution is 2.30. The number of sulfonamides is 1. The number of piperidine rings is 1. The van der Waals surface area contributed by atoms with Gasteiger partial charge < -0.3 is 4.42 Å². The number of aryl methyl sites for hydroxylation is 1. The highest BCUT2D eigenvalue weighted by molar-refractivity contribution is 7.89. The van der Waals surface area contributed by atoms with Crippen molar-refractivity contribution in [2.75, 3.05) is 18.4 Å². The van der Waals surface area contributed by atoms with Crippen LogP contribution in [0.4, 0.5) is 6.01 Å². The first kappa shape index (κ1) is 22.7. The maximum Gasteiger partial charge on any atom is 0.322 e. The van der Waals surface area contributed by atoms with Crippen LogP contribution in [-0.4, -0.2) is 41.9 Å². The summed E-state index contributed by atoms with van der Waals surface area (Å²) in [6.45, 7) is 2.41. The van der Waals surface area contributed by atoms with Crippen LogP contribution in [0.15, 0.2) is 51.8 Å². The maximum atomic E-state index is 12.8. The molecule has 1 aliphatic heterocycles. The molecule has 1 N–H and O–H groups in total. The summed E-state index contributed by atoms with van der Waals surface area (Å²) < 4.78 is 32.6. The number of amides is 1. The number of carbonyl (C=O) groups excluding carboxylic acids is 1. The summed E-state index contributed by atoms with van der Waals surface area (Å²) in [6.07, 6.45) is 0.780. The topological polar surface area (TPSA) is 105 Å². The standard InChI is InChI=1S/C21H20Cl2N4O4S/c1-13-2-5-16(6-3-13)32(29,30)27-10-8-14(9-11-27)19(28)24-21-26-25-20(31-21)17-7-4-15(22)12-18(17)23/h2-7,12,14H,8-11H2,1H3,(H,24,26,28). The van der Waals surface area contributed by atoms with E-state index in [4.69, 9.17) is 27.6 Å². The highest BCUT2D eigenvalue weighted by atomic mass is 35.5. The molecule has 3 aromatic rings. The number of nitrogens with zero attached hydrogens (tertiary/aromatic N) is 3. The average Bonchev–Trinajstić information content (AvgIpc) is 3.22. The smallest absolute Gasteiger partial charge is 0.322 e. The molecule has 0 atom stereocenters. The number of rotatable bonds is 5. The van der Waals surface area contributed by atoms with E-state index in [-0.39, 0.29) is 41.7 Å². The fourth-order valence-electron chi connectivity index (χ4n) is 3.47. The Bertz CT molecular complexity index is 1240. The van der Waals surface area contributed by atoms with Crippen molar-refractivity contribution in [3.63, 3.8) is 0 Å². The van der Waals surface area contributed by atoms with Crippen molar-refractivity contribution in [1.29, 1.82) is 0 Å². The van der Waals surface area contributed by atoms with Crippen LogP contribution in [0.25, 0.3) is 11.5 Å². The lowest BCUT2D eigenvalue weighted by atomic mass is 9.97. The summed E-state index contributed by atoms with van der Waals surface area (Å²) in [5.74, 6) is -0.510. The molecule has 1 aliphatic rings. The number of anilines is 1. The van der Waals surface area contributed by atoms with E-state index in [1.807, 2.05) is 6.92 Å². The van der Waals surface area contributed by atoms with Gasteiger partial charge in [0.25, 0.3) is 5.89 Å². The second-order valence-electron chi connectivity index (χ2n) is 7.52. The Morgan fingerprint density at radius 1 is 1.09 bits per heavy atom. The zero-order valence-electron chi connectivity index (χ0n) is 17.1. The summed E-state index contributed by atoms with van der Waals surface area (Å²) in [4.78, 5) is 12.9. The van der Waals surface area contributed by atoms with Gasteiger partial charge in [-0.2, -0.15) is 4.31 Å². The van der Waals surface area contributed by atoms with Gasteiger partial charge in [0.2, 0.25) is 15.9 Å². The van der Waals surface area contributed by atoms with Crippen molar-refractivity contribution in [3.05, 3.63) is 58.1 Å². The fourth-order valence-corrected chi connectivity index (χ4v) is 5.43. The fraction of sp³-hybridized carbons (Fsp3) is 0.286. The summed E-state index contributed by atoms with van der Waals surface area (Å²) in [7, 11) is -3.58. The first-order valence-electron chi connectivity index (χ1n) is 9.90. The average molecular weight is 495 g/mol. The second kappa shape index (κ2) is 9.19. The largest absolute Gasteiger partial charge is 0.403 e. The van der Waals surface area contributed by atoms with Crippen LogP contribution in [0.3, 0.4) is 0 Å². The molecule has 2 aromatic carbocycles. The Hall–Kier alpha value is -2.46. The summed E-state index contributed by atoms with van der Waals surface area (Å²) in [6, 6.07) is 11.5. The minimum atomic E-state index is -3.58. The first-order chi connectivity index (χ1) is 15.2. The van der Waals surface area contributed by atoms with Gasteiger partial charge in [0.15, 0.2) is 0 Å². The van der Waals surface area contributed by atoms with Gasteiger partial charge >= 0.3 is 6.01 Å². The third-order valence-corrected chi connectivity index (χ3v) is 7.76. The lowest BCUT2D eigenvalue weighted by Gasteiger charge is -2.30. The lowest BCUT2D eigenvalue weighted by Crippen LogP contribution is -2.41. The summed E-state index contributed by atoms with van der Waals surface area (Å²) >= 11 is 12.0. The Labute approximate surface area is 195 Å². The third kappa shape index (κ3) is 4.80. The Morgan fingerprint density at radius 2 is 1.78 bits per heavy atom. The Kier molecular flexibility index (Phi) is 6.52. The molecular weight excluding hydrogens is 475 g/mol. The molecule has 0 bridgehead atoms. The van der Waals surface area contributed by atoms with E-state index in [2.05, 4.69) is 15.5 Å². The SMILES string of the molecule is Cc1ccc(S(=O)(=O)N2CCC(C(=O)Nc3nnc(-c4ccc(Cl)cc4Cl)o3)CC2)cc1. The van der Waals surface area contributed by atoms with Gasteiger partial charge in [-0.05, 0) is 50.1 Å². The monoisotopic (exact) mass is 494 g/mol. The molecule has 4 rings (SSSR count). The van der Waals surface area contributed by atoms with Gasteiger partial charge in [-0.3, -0.25) is 10.1 Å². The van der Waals surface area contributed by atoms with Crippen LogP contribution >= 0.6 is 23.2 Å². The van der Waals surface area contributed by atoms with E-state index in [0.29, 0.717) is 28.5 Å². The van der Waals surface area contributed by atoms with Crippen molar-refractivity contribution in [3.8, 4) is 11.5 Å². The normalized spacial score (nSPS) is 15.6. The molecule has 0 aliphatic carbocycles. The van der Waals surface area contributed by atoms with E-state index in [0.717, 1.165) is 5.56 Å². The van der Waals surface area contributed by atoms with Gasteiger partial charge in [0.05, 0.1) is 15.5 Å². The van der Waals surface area contributed by atoms with E-state index in [1.54, 1.807) is 42.5 Å². The van der Waals surface area contributed by atoms with Crippen LogP contribution in [0.1, 0.15) is 18.4 Å². The third-order valence-electron chi connectivity index (χ3n) is 5.30. The van der Waals surface area contributed by atoms with E-state index < -0.39 is 10.0 Å². The molecular formula is C21H20Cl2N4O4S. The zero-order valence-corrected chi connectivity index (χ0v) is 19.4. The van der Waals surface area contributed by atoms with Crippen LogP contribution in [-0.2, 0) is 14.8 Å². The molecule has 11 heteroatoms. The van der Waals surface area contributed by atoms with Gasteiger partial charge in [-0.25, -0.2) is 8.42 Å². The number of hydrogen-bond donors (Lipinski definition) is 1. The minimum Gasteiger partial charge on any atom is -0.403 e. The van der Waals surface area contributed by atoms with E-state index >= 15 is 0 Å². The Balaban J connectivity index is 1.37. The molecule has 0 saturated carbocycles. The van der Waals surface area contributed by atoms with Gasteiger partial charge in [0, 0.05) is 24.0 Å². The molecule has 1 fully saturated rings. The number of hydrogen-bond acceptors (Lipinski definition) is 6.